The van der Waals surface area contributed by atoms with Crippen molar-refractivity contribution in [1.29, 1.82) is 0 Å². The summed E-state index contributed by atoms with van der Waals surface area (Å²) in [7, 11) is 0. The highest BCUT2D eigenvalue weighted by Gasteiger charge is 2.29. The maximum absolute atomic E-state index is 11.8. The van der Waals surface area contributed by atoms with Gasteiger partial charge in [-0.1, -0.05) is 35.9 Å². The van der Waals surface area contributed by atoms with Crippen molar-refractivity contribution in [2.45, 2.75) is 46.1 Å². The first-order valence-electron chi connectivity index (χ1n) is 9.90. The van der Waals surface area contributed by atoms with E-state index in [1.165, 1.54) is 22.2 Å². The number of benzene rings is 2. The van der Waals surface area contributed by atoms with Gasteiger partial charge in [-0.3, -0.25) is 4.79 Å². The van der Waals surface area contributed by atoms with E-state index < -0.39 is 0 Å². The molecule has 4 heteroatoms. The third-order valence-electron chi connectivity index (χ3n) is 5.39. The van der Waals surface area contributed by atoms with Crippen molar-refractivity contribution >= 4 is 16.9 Å². The lowest BCUT2D eigenvalue weighted by Gasteiger charge is -2.13. The Balaban J connectivity index is 1.53. The topological polar surface area (TPSA) is 46.9 Å². The number of carbonyl (C=O) groups is 1. The highest BCUT2D eigenvalue weighted by atomic mass is 16.2. The molecule has 2 aromatic carbocycles. The number of carbonyl (C=O) groups excluding carboxylic acids is 1. The zero-order chi connectivity index (χ0) is 18.8. The van der Waals surface area contributed by atoms with E-state index in [9.17, 15) is 4.79 Å². The number of hydrogen-bond donors (Lipinski definition) is 1. The lowest BCUT2D eigenvalue weighted by Crippen LogP contribution is -2.26. The Hall–Kier alpha value is -2.62. The molecule has 0 spiro atoms. The fourth-order valence-electron chi connectivity index (χ4n) is 3.58. The summed E-state index contributed by atoms with van der Waals surface area (Å²) in [5, 5.41) is 3.06. The van der Waals surface area contributed by atoms with Crippen LogP contribution in [-0.4, -0.2) is 22.0 Å². The number of para-hydroxylation sites is 2. The molecule has 1 aliphatic carbocycles. The summed E-state index contributed by atoms with van der Waals surface area (Å²) in [6, 6.07) is 15.0. The predicted molar refractivity (Wildman–Crippen MR) is 109 cm³/mol. The van der Waals surface area contributed by atoms with Crippen molar-refractivity contribution in [3.05, 3.63) is 65.0 Å². The molecule has 1 saturated carbocycles. The van der Waals surface area contributed by atoms with Gasteiger partial charge in [-0.25, -0.2) is 4.98 Å². The van der Waals surface area contributed by atoms with Gasteiger partial charge >= 0.3 is 0 Å². The molecule has 4 rings (SSSR count). The number of aryl methyl sites for hydroxylation is 3. The van der Waals surface area contributed by atoms with Crippen molar-refractivity contribution in [3.8, 4) is 0 Å². The van der Waals surface area contributed by atoms with E-state index in [0.29, 0.717) is 0 Å². The zero-order valence-corrected chi connectivity index (χ0v) is 16.2. The molecule has 1 fully saturated rings. The molecule has 1 heterocycles. The van der Waals surface area contributed by atoms with E-state index in [1.807, 2.05) is 6.07 Å². The lowest BCUT2D eigenvalue weighted by atomic mass is 10.1. The lowest BCUT2D eigenvalue weighted by molar-refractivity contribution is -0.122. The fourth-order valence-corrected chi connectivity index (χ4v) is 3.58. The van der Waals surface area contributed by atoms with E-state index in [-0.39, 0.29) is 11.8 Å². The van der Waals surface area contributed by atoms with Crippen LogP contribution in [0, 0.1) is 19.8 Å². The third kappa shape index (κ3) is 4.05. The maximum atomic E-state index is 11.8. The SMILES string of the molecule is Cc1ccc(C)c(Cn2c(CCCNC(=O)C3CC3)nc3ccccc32)c1. The Morgan fingerprint density at radius 3 is 2.81 bits per heavy atom. The fraction of sp³-hybridized carbons (Fsp3) is 0.391. The first-order chi connectivity index (χ1) is 13.1. The number of imidazole rings is 1. The second kappa shape index (κ2) is 7.55. The van der Waals surface area contributed by atoms with Gasteiger partial charge in [-0.2, -0.15) is 0 Å². The Morgan fingerprint density at radius 2 is 2.00 bits per heavy atom. The highest BCUT2D eigenvalue weighted by molar-refractivity contribution is 5.80. The minimum absolute atomic E-state index is 0.221. The number of nitrogens with zero attached hydrogens (tertiary/aromatic N) is 2. The second-order valence-corrected chi connectivity index (χ2v) is 7.70. The maximum Gasteiger partial charge on any atom is 0.223 e. The van der Waals surface area contributed by atoms with Crippen LogP contribution < -0.4 is 5.32 Å². The molecule has 0 radical (unpaired) electrons. The summed E-state index contributed by atoms with van der Waals surface area (Å²) in [5.74, 6) is 1.59. The smallest absolute Gasteiger partial charge is 0.223 e. The summed E-state index contributed by atoms with van der Waals surface area (Å²) in [5.41, 5.74) is 6.14. The summed E-state index contributed by atoms with van der Waals surface area (Å²) in [6.07, 6.45) is 3.88. The number of nitrogens with one attached hydrogen (secondary N) is 1. The van der Waals surface area contributed by atoms with Gasteiger partial charge in [0.25, 0.3) is 0 Å². The van der Waals surface area contributed by atoms with Crippen LogP contribution >= 0.6 is 0 Å². The second-order valence-electron chi connectivity index (χ2n) is 7.70. The molecule has 3 aromatic rings. The average Bonchev–Trinajstić information content (AvgIpc) is 3.46. The predicted octanol–water partition coefficient (Wildman–Crippen LogP) is 4.16. The molecular weight excluding hydrogens is 334 g/mol. The first kappa shape index (κ1) is 17.8. The summed E-state index contributed by atoms with van der Waals surface area (Å²) >= 11 is 0. The third-order valence-corrected chi connectivity index (χ3v) is 5.39. The molecular formula is C23H27N3O. The van der Waals surface area contributed by atoms with Crippen molar-refractivity contribution in [1.82, 2.24) is 14.9 Å². The zero-order valence-electron chi connectivity index (χ0n) is 16.2. The van der Waals surface area contributed by atoms with Crippen LogP contribution in [0.5, 0.6) is 0 Å². The molecule has 0 aliphatic heterocycles. The number of hydrogen-bond acceptors (Lipinski definition) is 2. The number of aromatic nitrogens is 2. The normalized spacial score (nSPS) is 13.9. The van der Waals surface area contributed by atoms with Gasteiger partial charge in [0, 0.05) is 25.4 Å². The molecule has 27 heavy (non-hydrogen) atoms. The first-order valence-corrected chi connectivity index (χ1v) is 9.90. The summed E-state index contributed by atoms with van der Waals surface area (Å²) < 4.78 is 2.33. The van der Waals surface area contributed by atoms with E-state index in [2.05, 4.69) is 60.1 Å². The monoisotopic (exact) mass is 361 g/mol. The molecule has 1 aliphatic rings. The van der Waals surface area contributed by atoms with Crippen molar-refractivity contribution < 1.29 is 4.79 Å². The van der Waals surface area contributed by atoms with Gasteiger partial charge < -0.3 is 9.88 Å². The van der Waals surface area contributed by atoms with Gasteiger partial charge in [-0.05, 0) is 56.4 Å². The minimum Gasteiger partial charge on any atom is -0.356 e. The van der Waals surface area contributed by atoms with Crippen LogP contribution in [-0.2, 0) is 17.8 Å². The number of rotatable bonds is 7. The average molecular weight is 361 g/mol. The quantitative estimate of drug-likeness (QED) is 0.642. The molecule has 0 atom stereocenters. The Labute approximate surface area is 160 Å². The van der Waals surface area contributed by atoms with Crippen LogP contribution in [0.15, 0.2) is 42.5 Å². The van der Waals surface area contributed by atoms with Crippen molar-refractivity contribution in [3.63, 3.8) is 0 Å². The van der Waals surface area contributed by atoms with E-state index in [0.717, 1.165) is 50.1 Å². The van der Waals surface area contributed by atoms with Crippen molar-refractivity contribution in [2.75, 3.05) is 6.54 Å². The van der Waals surface area contributed by atoms with E-state index in [1.54, 1.807) is 0 Å². The van der Waals surface area contributed by atoms with E-state index in [4.69, 9.17) is 4.98 Å². The highest BCUT2D eigenvalue weighted by Crippen LogP contribution is 2.28. The molecule has 0 bridgehead atoms. The van der Waals surface area contributed by atoms with E-state index >= 15 is 0 Å². The van der Waals surface area contributed by atoms with Gasteiger partial charge in [0.1, 0.15) is 5.82 Å². The summed E-state index contributed by atoms with van der Waals surface area (Å²) in [4.78, 5) is 16.7. The minimum atomic E-state index is 0.221. The van der Waals surface area contributed by atoms with Crippen molar-refractivity contribution in [2.24, 2.45) is 5.92 Å². The molecule has 0 saturated heterocycles. The standard InChI is InChI=1S/C23H27N3O/c1-16-9-10-17(2)19(14-16)15-26-21-7-4-3-6-20(21)25-22(26)8-5-13-24-23(27)18-11-12-18/h3-4,6-7,9-10,14,18H,5,8,11-13,15H2,1-2H3,(H,24,27). The van der Waals surface area contributed by atoms with Crippen LogP contribution in [0.25, 0.3) is 11.0 Å². The molecule has 1 aromatic heterocycles. The Kier molecular flexibility index (Phi) is 4.97. The van der Waals surface area contributed by atoms with Gasteiger partial charge in [0.15, 0.2) is 0 Å². The summed E-state index contributed by atoms with van der Waals surface area (Å²) in [6.45, 7) is 5.86. The van der Waals surface area contributed by atoms with Gasteiger partial charge in [0.2, 0.25) is 5.91 Å². The Bertz CT molecular complexity index is 969. The molecule has 140 valence electrons. The molecule has 1 N–H and O–H groups in total. The van der Waals surface area contributed by atoms with Gasteiger partial charge in [0.05, 0.1) is 11.0 Å². The Morgan fingerprint density at radius 1 is 1.19 bits per heavy atom. The largest absolute Gasteiger partial charge is 0.356 e. The van der Waals surface area contributed by atoms with Crippen LogP contribution in [0.4, 0.5) is 0 Å². The molecule has 4 nitrogen and oxygen atoms in total. The van der Waals surface area contributed by atoms with Crippen LogP contribution in [0.1, 0.15) is 41.8 Å². The van der Waals surface area contributed by atoms with Gasteiger partial charge in [-0.15, -0.1) is 0 Å². The number of amides is 1. The molecule has 0 unspecified atom stereocenters. The molecule has 1 amide bonds. The van der Waals surface area contributed by atoms with Crippen LogP contribution in [0.2, 0.25) is 0 Å². The number of fused-ring (bicyclic) bond motifs is 1. The van der Waals surface area contributed by atoms with Crippen LogP contribution in [0.3, 0.4) is 0 Å².